The van der Waals surface area contributed by atoms with Crippen LogP contribution in [0.2, 0.25) is 0 Å². The maximum absolute atomic E-state index is 5.47. The Kier molecular flexibility index (Phi) is 5.90. The highest BCUT2D eigenvalue weighted by Gasteiger charge is 1.93. The molecule has 0 aliphatic carbocycles. The Morgan fingerprint density at radius 2 is 1.93 bits per heavy atom. The number of hydrogen-bond donors (Lipinski definition) is 0. The minimum absolute atomic E-state index is 0.534. The molecule has 0 bridgehead atoms. The molecule has 2 nitrogen and oxygen atoms in total. The number of rotatable bonds is 6. The number of methoxy groups -OCH3 is 1. The van der Waals surface area contributed by atoms with E-state index in [9.17, 15) is 0 Å². The highest BCUT2D eigenvalue weighted by Crippen LogP contribution is 2.11. The first-order chi connectivity index (χ1) is 7.36. The van der Waals surface area contributed by atoms with Crippen LogP contribution < -0.4 is 4.74 Å². The quantitative estimate of drug-likeness (QED) is 0.422. The fourth-order valence-corrected chi connectivity index (χ4v) is 1.22. The van der Waals surface area contributed by atoms with Crippen molar-refractivity contribution >= 4 is 11.6 Å². The Morgan fingerprint density at radius 3 is 2.53 bits per heavy atom. The van der Waals surface area contributed by atoms with Crippen LogP contribution >= 0.6 is 11.6 Å². The third-order valence-corrected chi connectivity index (χ3v) is 2.08. The average molecular weight is 227 g/mol. The third kappa shape index (κ3) is 4.86. The van der Waals surface area contributed by atoms with Crippen molar-refractivity contribution < 1.29 is 9.47 Å². The Labute approximate surface area is 95.5 Å². The molecule has 0 aliphatic rings. The number of hydrogen-bond acceptors (Lipinski definition) is 2. The Balaban J connectivity index is 2.28. The Bertz CT molecular complexity index is 293. The number of halogens is 1. The van der Waals surface area contributed by atoms with E-state index in [1.54, 1.807) is 7.11 Å². The first-order valence-electron chi connectivity index (χ1n) is 4.78. The summed E-state index contributed by atoms with van der Waals surface area (Å²) in [5.74, 6) is 1.40. The van der Waals surface area contributed by atoms with Crippen LogP contribution in [-0.4, -0.2) is 19.6 Å². The molecule has 0 radical (unpaired) electrons. The lowest BCUT2D eigenvalue weighted by molar-refractivity contribution is 0.148. The van der Waals surface area contributed by atoms with Gasteiger partial charge in [-0.1, -0.05) is 24.3 Å². The molecule has 0 saturated heterocycles. The molecule has 0 amide bonds. The van der Waals surface area contributed by atoms with E-state index in [0.29, 0.717) is 19.1 Å². The molecule has 0 N–H and O–H groups in total. The van der Waals surface area contributed by atoms with Crippen molar-refractivity contribution in [2.45, 2.75) is 6.61 Å². The van der Waals surface area contributed by atoms with Gasteiger partial charge in [-0.2, -0.15) is 0 Å². The normalized spacial score (nSPS) is 10.8. The van der Waals surface area contributed by atoms with E-state index in [2.05, 4.69) is 0 Å². The minimum atomic E-state index is 0.534. The lowest BCUT2D eigenvalue weighted by Crippen LogP contribution is -1.93. The number of allylic oxidation sites excluding steroid dienone is 1. The summed E-state index contributed by atoms with van der Waals surface area (Å²) in [6.07, 6.45) is 3.78. The van der Waals surface area contributed by atoms with Crippen LogP contribution in [0, 0.1) is 0 Å². The maximum atomic E-state index is 5.47. The Hall–Kier alpha value is -0.990. The SMILES string of the molecule is COc1ccc(COCC=CCCl)cc1. The molecule has 0 spiro atoms. The van der Waals surface area contributed by atoms with Crippen LogP contribution in [0.4, 0.5) is 0 Å². The standard InChI is InChI=1S/C12H15ClO2/c1-14-12-6-4-11(5-7-12)10-15-9-3-2-8-13/h2-7H,8-10H2,1H3. The zero-order valence-electron chi connectivity index (χ0n) is 8.78. The van der Waals surface area contributed by atoms with Gasteiger partial charge >= 0.3 is 0 Å². The van der Waals surface area contributed by atoms with E-state index >= 15 is 0 Å². The van der Waals surface area contributed by atoms with E-state index in [1.807, 2.05) is 36.4 Å². The predicted octanol–water partition coefficient (Wildman–Crippen LogP) is 3.01. The van der Waals surface area contributed by atoms with Crippen molar-refractivity contribution in [3.8, 4) is 5.75 Å². The van der Waals surface area contributed by atoms with Crippen LogP contribution in [0.15, 0.2) is 36.4 Å². The minimum Gasteiger partial charge on any atom is -0.497 e. The van der Waals surface area contributed by atoms with E-state index < -0.39 is 0 Å². The molecule has 0 unspecified atom stereocenters. The van der Waals surface area contributed by atoms with Crippen LogP contribution in [0.5, 0.6) is 5.75 Å². The van der Waals surface area contributed by atoms with Gasteiger partial charge in [0.05, 0.1) is 20.3 Å². The molecule has 1 aromatic carbocycles. The van der Waals surface area contributed by atoms with Gasteiger partial charge in [0.15, 0.2) is 0 Å². The molecule has 0 aromatic heterocycles. The molecule has 82 valence electrons. The van der Waals surface area contributed by atoms with Crippen LogP contribution in [-0.2, 0) is 11.3 Å². The zero-order chi connectivity index (χ0) is 10.9. The second-order valence-electron chi connectivity index (χ2n) is 2.99. The zero-order valence-corrected chi connectivity index (χ0v) is 9.54. The molecule has 0 fully saturated rings. The van der Waals surface area contributed by atoms with Gasteiger partial charge in [-0.05, 0) is 17.7 Å². The topological polar surface area (TPSA) is 18.5 Å². The molecule has 0 saturated carbocycles. The third-order valence-electron chi connectivity index (χ3n) is 1.90. The fraction of sp³-hybridized carbons (Fsp3) is 0.333. The molecule has 15 heavy (non-hydrogen) atoms. The second-order valence-corrected chi connectivity index (χ2v) is 3.30. The summed E-state index contributed by atoms with van der Waals surface area (Å²) in [5.41, 5.74) is 1.13. The first-order valence-corrected chi connectivity index (χ1v) is 5.32. The number of ether oxygens (including phenoxy) is 2. The van der Waals surface area contributed by atoms with Crippen molar-refractivity contribution in [3.05, 3.63) is 42.0 Å². The maximum Gasteiger partial charge on any atom is 0.118 e. The van der Waals surface area contributed by atoms with Gasteiger partial charge in [0.25, 0.3) is 0 Å². The Morgan fingerprint density at radius 1 is 1.20 bits per heavy atom. The van der Waals surface area contributed by atoms with Crippen LogP contribution in [0.25, 0.3) is 0 Å². The summed E-state index contributed by atoms with van der Waals surface area (Å²) < 4.78 is 10.5. The first kappa shape index (κ1) is 12.1. The lowest BCUT2D eigenvalue weighted by atomic mass is 10.2. The van der Waals surface area contributed by atoms with E-state index in [4.69, 9.17) is 21.1 Å². The molecule has 1 aromatic rings. The average Bonchev–Trinajstić information content (AvgIpc) is 2.30. The molecule has 0 atom stereocenters. The van der Waals surface area contributed by atoms with Gasteiger partial charge in [-0.15, -0.1) is 11.6 Å². The highest BCUT2D eigenvalue weighted by molar-refractivity contribution is 6.18. The van der Waals surface area contributed by atoms with Gasteiger partial charge in [0, 0.05) is 5.88 Å². The van der Waals surface area contributed by atoms with Gasteiger partial charge < -0.3 is 9.47 Å². The van der Waals surface area contributed by atoms with Crippen molar-refractivity contribution in [2.75, 3.05) is 19.6 Å². The highest BCUT2D eigenvalue weighted by atomic mass is 35.5. The van der Waals surface area contributed by atoms with Crippen molar-refractivity contribution in [1.82, 2.24) is 0 Å². The molecule has 1 rings (SSSR count). The van der Waals surface area contributed by atoms with Crippen molar-refractivity contribution in [2.24, 2.45) is 0 Å². The smallest absolute Gasteiger partial charge is 0.118 e. The van der Waals surface area contributed by atoms with Gasteiger partial charge in [-0.25, -0.2) is 0 Å². The van der Waals surface area contributed by atoms with Crippen LogP contribution in [0.1, 0.15) is 5.56 Å². The van der Waals surface area contributed by atoms with Gasteiger partial charge in [0.1, 0.15) is 5.75 Å². The second kappa shape index (κ2) is 7.32. The molecule has 3 heteroatoms. The van der Waals surface area contributed by atoms with E-state index in [1.165, 1.54) is 0 Å². The molecular weight excluding hydrogens is 212 g/mol. The number of alkyl halides is 1. The van der Waals surface area contributed by atoms with E-state index in [-0.39, 0.29) is 0 Å². The fourth-order valence-electron chi connectivity index (χ4n) is 1.10. The summed E-state index contributed by atoms with van der Waals surface area (Å²) in [7, 11) is 1.66. The molecule has 0 heterocycles. The summed E-state index contributed by atoms with van der Waals surface area (Å²) in [5, 5.41) is 0. The number of benzene rings is 1. The molecular formula is C12H15ClO2. The summed E-state index contributed by atoms with van der Waals surface area (Å²) >= 11 is 5.47. The summed E-state index contributed by atoms with van der Waals surface area (Å²) in [6.45, 7) is 1.20. The summed E-state index contributed by atoms with van der Waals surface area (Å²) in [6, 6.07) is 7.83. The van der Waals surface area contributed by atoms with Crippen molar-refractivity contribution in [1.29, 1.82) is 0 Å². The van der Waals surface area contributed by atoms with E-state index in [0.717, 1.165) is 11.3 Å². The summed E-state index contributed by atoms with van der Waals surface area (Å²) in [4.78, 5) is 0. The molecule has 0 aliphatic heterocycles. The monoisotopic (exact) mass is 226 g/mol. The van der Waals surface area contributed by atoms with Gasteiger partial charge in [0.2, 0.25) is 0 Å². The van der Waals surface area contributed by atoms with Crippen molar-refractivity contribution in [3.63, 3.8) is 0 Å². The van der Waals surface area contributed by atoms with Crippen LogP contribution in [0.3, 0.4) is 0 Å². The lowest BCUT2D eigenvalue weighted by Gasteiger charge is -2.03. The predicted molar refractivity (Wildman–Crippen MR) is 62.5 cm³/mol. The van der Waals surface area contributed by atoms with Gasteiger partial charge in [-0.3, -0.25) is 0 Å². The largest absolute Gasteiger partial charge is 0.497 e.